The molecule has 5 heteroatoms. The fourth-order valence-corrected chi connectivity index (χ4v) is 4.11. The van der Waals surface area contributed by atoms with Crippen molar-refractivity contribution >= 4 is 33.8 Å². The van der Waals surface area contributed by atoms with E-state index in [4.69, 9.17) is 16.2 Å². The Morgan fingerprint density at radius 3 is 2.12 bits per heavy atom. The third-order valence-corrected chi connectivity index (χ3v) is 6.06. The van der Waals surface area contributed by atoms with E-state index < -0.39 is 16.9 Å². The van der Waals surface area contributed by atoms with Crippen molar-refractivity contribution in [2.75, 3.05) is 0 Å². The summed E-state index contributed by atoms with van der Waals surface area (Å²) in [5.41, 5.74) is 4.83. The zero-order valence-electron chi connectivity index (χ0n) is 12.9. The lowest BCUT2D eigenvalue weighted by Crippen LogP contribution is -1.93. The summed E-state index contributed by atoms with van der Waals surface area (Å²) in [5.74, 6) is -0.406. The van der Waals surface area contributed by atoms with Crippen LogP contribution in [0.15, 0.2) is 47.4 Å². The van der Waals surface area contributed by atoms with E-state index in [1.54, 1.807) is 24.3 Å². The monoisotopic (exact) mass is 362 g/mol. The molecule has 0 saturated heterocycles. The number of halogens is 2. The SMILES string of the molecule is O=S(O)c1ccc(C2=C(c3ccc(F)c(Cl)c3)CC3(CC3)C2)cc1. The highest BCUT2D eigenvalue weighted by molar-refractivity contribution is 7.79. The van der Waals surface area contributed by atoms with Crippen LogP contribution >= 0.6 is 11.6 Å². The molecule has 0 heterocycles. The topological polar surface area (TPSA) is 37.3 Å². The third kappa shape index (κ3) is 2.83. The van der Waals surface area contributed by atoms with Crippen molar-refractivity contribution in [3.8, 4) is 0 Å². The molecule has 2 nitrogen and oxygen atoms in total. The first kappa shape index (κ1) is 16.0. The van der Waals surface area contributed by atoms with Crippen LogP contribution in [0, 0.1) is 11.2 Å². The van der Waals surface area contributed by atoms with Crippen LogP contribution in [0.25, 0.3) is 11.1 Å². The Labute approximate surface area is 147 Å². The van der Waals surface area contributed by atoms with E-state index in [-0.39, 0.29) is 5.02 Å². The maximum Gasteiger partial charge on any atom is 0.186 e. The van der Waals surface area contributed by atoms with Gasteiger partial charge in [0, 0.05) is 0 Å². The van der Waals surface area contributed by atoms with Crippen molar-refractivity contribution in [1.29, 1.82) is 0 Å². The van der Waals surface area contributed by atoms with E-state index in [9.17, 15) is 8.60 Å². The Bertz CT molecular complexity index is 869. The molecule has 2 aromatic rings. The predicted octanol–water partition coefficient (Wildman–Crippen LogP) is 5.54. The molecule has 1 fully saturated rings. The van der Waals surface area contributed by atoms with Crippen LogP contribution in [0.3, 0.4) is 0 Å². The molecule has 0 aromatic heterocycles. The molecule has 2 aromatic carbocycles. The van der Waals surface area contributed by atoms with Gasteiger partial charge in [-0.3, -0.25) is 0 Å². The molecule has 1 saturated carbocycles. The van der Waals surface area contributed by atoms with Crippen molar-refractivity contribution < 1.29 is 13.2 Å². The smallest absolute Gasteiger partial charge is 0.186 e. The number of rotatable bonds is 3. The van der Waals surface area contributed by atoms with E-state index in [1.807, 2.05) is 12.1 Å². The highest BCUT2D eigenvalue weighted by atomic mass is 35.5. The van der Waals surface area contributed by atoms with Crippen LogP contribution in [-0.4, -0.2) is 8.76 Å². The summed E-state index contributed by atoms with van der Waals surface area (Å²) in [7, 11) is 0. The second-order valence-electron chi connectivity index (χ2n) is 6.71. The summed E-state index contributed by atoms with van der Waals surface area (Å²) in [5, 5.41) is 0.141. The van der Waals surface area contributed by atoms with Crippen LogP contribution in [0.2, 0.25) is 5.02 Å². The molecular formula is C19H16ClFO2S. The maximum absolute atomic E-state index is 13.5. The molecule has 0 radical (unpaired) electrons. The quantitative estimate of drug-likeness (QED) is 0.727. The first-order chi connectivity index (χ1) is 11.5. The minimum absolute atomic E-state index is 0.141. The Morgan fingerprint density at radius 1 is 1.00 bits per heavy atom. The first-order valence-electron chi connectivity index (χ1n) is 7.86. The fraction of sp³-hybridized carbons (Fsp3) is 0.263. The summed E-state index contributed by atoms with van der Waals surface area (Å²) in [6, 6.07) is 12.1. The van der Waals surface area contributed by atoms with Gasteiger partial charge in [0.25, 0.3) is 0 Å². The fourth-order valence-electron chi connectivity index (χ4n) is 3.57. The number of hydrogen-bond donors (Lipinski definition) is 1. The average molecular weight is 363 g/mol. The zero-order valence-corrected chi connectivity index (χ0v) is 14.5. The van der Waals surface area contributed by atoms with Crippen molar-refractivity contribution in [1.82, 2.24) is 0 Å². The van der Waals surface area contributed by atoms with E-state index in [2.05, 4.69) is 0 Å². The molecule has 24 heavy (non-hydrogen) atoms. The molecular weight excluding hydrogens is 347 g/mol. The largest absolute Gasteiger partial charge is 0.302 e. The molecule has 1 N–H and O–H groups in total. The zero-order chi connectivity index (χ0) is 16.9. The van der Waals surface area contributed by atoms with Crippen molar-refractivity contribution in [3.05, 3.63) is 64.4 Å². The number of allylic oxidation sites excluding steroid dienone is 2. The summed E-state index contributed by atoms with van der Waals surface area (Å²) in [6.07, 6.45) is 4.41. The van der Waals surface area contributed by atoms with E-state index in [0.29, 0.717) is 10.3 Å². The number of benzene rings is 2. The molecule has 1 unspecified atom stereocenters. The van der Waals surface area contributed by atoms with Gasteiger partial charge in [-0.05, 0) is 77.6 Å². The second-order valence-corrected chi connectivity index (χ2v) is 8.09. The van der Waals surface area contributed by atoms with Gasteiger partial charge in [0.1, 0.15) is 5.82 Å². The third-order valence-electron chi connectivity index (χ3n) is 5.10. The van der Waals surface area contributed by atoms with E-state index in [1.165, 1.54) is 30.1 Å². The minimum atomic E-state index is -1.97. The second kappa shape index (κ2) is 5.80. The van der Waals surface area contributed by atoms with Crippen LogP contribution in [0.4, 0.5) is 4.39 Å². The summed E-state index contributed by atoms with van der Waals surface area (Å²) in [4.78, 5) is 0.393. The van der Waals surface area contributed by atoms with Crippen molar-refractivity contribution in [2.24, 2.45) is 5.41 Å². The van der Waals surface area contributed by atoms with Gasteiger partial charge < -0.3 is 4.55 Å². The van der Waals surface area contributed by atoms with Gasteiger partial charge in [0.15, 0.2) is 11.1 Å². The lowest BCUT2D eigenvalue weighted by molar-refractivity contribution is 0.564. The lowest BCUT2D eigenvalue weighted by atomic mass is 9.97. The lowest BCUT2D eigenvalue weighted by Gasteiger charge is -2.09. The molecule has 0 aliphatic heterocycles. The molecule has 2 aliphatic carbocycles. The van der Waals surface area contributed by atoms with Gasteiger partial charge in [0.05, 0.1) is 9.92 Å². The minimum Gasteiger partial charge on any atom is -0.302 e. The molecule has 0 amide bonds. The Kier molecular flexibility index (Phi) is 3.87. The summed E-state index contributed by atoms with van der Waals surface area (Å²) < 4.78 is 33.8. The summed E-state index contributed by atoms with van der Waals surface area (Å²) in [6.45, 7) is 0. The van der Waals surface area contributed by atoms with Crippen molar-refractivity contribution in [3.63, 3.8) is 0 Å². The van der Waals surface area contributed by atoms with Crippen LogP contribution in [0.5, 0.6) is 0 Å². The van der Waals surface area contributed by atoms with Gasteiger partial charge in [-0.15, -0.1) is 0 Å². The van der Waals surface area contributed by atoms with Crippen LogP contribution in [-0.2, 0) is 11.1 Å². The van der Waals surface area contributed by atoms with Gasteiger partial charge in [0.2, 0.25) is 0 Å². The highest BCUT2D eigenvalue weighted by Gasteiger charge is 2.48. The van der Waals surface area contributed by atoms with Crippen LogP contribution in [0.1, 0.15) is 36.8 Å². The maximum atomic E-state index is 13.5. The molecule has 2 aliphatic rings. The van der Waals surface area contributed by atoms with Gasteiger partial charge in [-0.2, -0.15) is 0 Å². The molecule has 124 valence electrons. The predicted molar refractivity (Wildman–Crippen MR) is 94.6 cm³/mol. The van der Waals surface area contributed by atoms with Gasteiger partial charge in [-0.25, -0.2) is 8.60 Å². The van der Waals surface area contributed by atoms with E-state index >= 15 is 0 Å². The van der Waals surface area contributed by atoms with E-state index in [0.717, 1.165) is 24.0 Å². The first-order valence-corrected chi connectivity index (χ1v) is 9.35. The van der Waals surface area contributed by atoms with Crippen molar-refractivity contribution in [2.45, 2.75) is 30.6 Å². The Balaban J connectivity index is 1.78. The molecule has 4 rings (SSSR count). The number of hydrogen-bond acceptors (Lipinski definition) is 1. The van der Waals surface area contributed by atoms with Gasteiger partial charge in [-0.1, -0.05) is 29.8 Å². The highest BCUT2D eigenvalue weighted by Crippen LogP contribution is 2.63. The standard InChI is InChI=1S/C19H16ClFO2S/c20-17-9-13(3-6-18(17)21)16-11-19(7-8-19)10-15(16)12-1-4-14(5-2-12)24(22)23/h1-6,9H,7-8,10-11H2,(H,22,23). The summed E-state index contributed by atoms with van der Waals surface area (Å²) >= 11 is 4.00. The Hall–Kier alpha value is -1.49. The average Bonchev–Trinajstić information content (AvgIpc) is 3.21. The van der Waals surface area contributed by atoms with Crippen LogP contribution < -0.4 is 0 Å². The van der Waals surface area contributed by atoms with Gasteiger partial charge >= 0.3 is 0 Å². The Morgan fingerprint density at radius 2 is 1.58 bits per heavy atom. The normalized spacial score (nSPS) is 19.8. The molecule has 1 spiro atoms. The molecule has 1 atom stereocenters. The molecule has 0 bridgehead atoms.